The zero-order valence-corrected chi connectivity index (χ0v) is 8.42. The fraction of sp³-hybridized carbons (Fsp3) is 0.0909. The fourth-order valence-electron chi connectivity index (χ4n) is 1.47. The molecule has 0 atom stereocenters. The van der Waals surface area contributed by atoms with Gasteiger partial charge in [-0.15, -0.1) is 0 Å². The zero-order chi connectivity index (χ0) is 11.7. The van der Waals surface area contributed by atoms with E-state index in [0.717, 1.165) is 12.3 Å². The van der Waals surface area contributed by atoms with Crippen LogP contribution in [0, 0.1) is 18.6 Å². The molecule has 0 aliphatic rings. The maximum atomic E-state index is 13.4. The number of hydrogen-bond acceptors (Lipinski definition) is 2. The largest absolute Gasteiger partial charge is 0.345 e. The molecule has 16 heavy (non-hydrogen) atoms. The molecule has 0 spiro atoms. The highest BCUT2D eigenvalue weighted by Crippen LogP contribution is 2.20. The second kappa shape index (κ2) is 3.84. The van der Waals surface area contributed by atoms with Crippen molar-refractivity contribution in [3.05, 3.63) is 52.1 Å². The van der Waals surface area contributed by atoms with Gasteiger partial charge >= 0.3 is 5.69 Å². The van der Waals surface area contributed by atoms with Crippen molar-refractivity contribution in [2.75, 3.05) is 0 Å². The minimum absolute atomic E-state index is 0.0531. The maximum absolute atomic E-state index is 13.4. The molecule has 0 fully saturated rings. The number of halogens is 2. The average molecular weight is 222 g/mol. The molecule has 0 radical (unpaired) electrons. The summed E-state index contributed by atoms with van der Waals surface area (Å²) in [5, 5.41) is 0. The first-order valence-electron chi connectivity index (χ1n) is 4.58. The summed E-state index contributed by atoms with van der Waals surface area (Å²) in [6, 6.07) is 4.06. The van der Waals surface area contributed by atoms with E-state index >= 15 is 0 Å². The monoisotopic (exact) mass is 222 g/mol. The van der Waals surface area contributed by atoms with E-state index in [0.29, 0.717) is 5.56 Å². The first-order chi connectivity index (χ1) is 7.56. The van der Waals surface area contributed by atoms with Crippen molar-refractivity contribution in [2.45, 2.75) is 6.92 Å². The Bertz CT molecular complexity index is 573. The van der Waals surface area contributed by atoms with Crippen molar-refractivity contribution in [1.82, 2.24) is 9.97 Å². The van der Waals surface area contributed by atoms with E-state index in [1.54, 1.807) is 13.0 Å². The molecule has 82 valence electrons. The Kier molecular flexibility index (Phi) is 2.52. The highest BCUT2D eigenvalue weighted by atomic mass is 19.1. The lowest BCUT2D eigenvalue weighted by Gasteiger charge is -2.04. The lowest BCUT2D eigenvalue weighted by molar-refractivity contribution is 0.613. The number of rotatable bonds is 1. The van der Waals surface area contributed by atoms with Gasteiger partial charge in [0.1, 0.15) is 5.82 Å². The van der Waals surface area contributed by atoms with Gasteiger partial charge in [-0.25, -0.2) is 13.6 Å². The minimum atomic E-state index is -0.690. The third kappa shape index (κ3) is 1.98. The van der Waals surface area contributed by atoms with E-state index in [-0.39, 0.29) is 11.3 Å². The van der Waals surface area contributed by atoms with Gasteiger partial charge in [0.15, 0.2) is 5.82 Å². The molecule has 0 aliphatic heterocycles. The predicted molar refractivity (Wildman–Crippen MR) is 54.9 cm³/mol. The molecule has 1 N–H and O–H groups in total. The number of hydrogen-bond donors (Lipinski definition) is 1. The zero-order valence-electron chi connectivity index (χ0n) is 8.42. The lowest BCUT2D eigenvalue weighted by atomic mass is 10.1. The summed E-state index contributed by atoms with van der Waals surface area (Å²) in [5.74, 6) is -1.17. The van der Waals surface area contributed by atoms with Gasteiger partial charge in [-0.05, 0) is 30.7 Å². The molecule has 2 rings (SSSR count). The summed E-state index contributed by atoms with van der Waals surface area (Å²) >= 11 is 0. The Morgan fingerprint density at radius 3 is 2.69 bits per heavy atom. The molecule has 5 heteroatoms. The molecular formula is C11H8F2N2O. The first kappa shape index (κ1) is 10.5. The summed E-state index contributed by atoms with van der Waals surface area (Å²) < 4.78 is 26.5. The number of nitrogens with one attached hydrogen (secondary N) is 1. The Hall–Kier alpha value is -2.04. The van der Waals surface area contributed by atoms with E-state index in [1.165, 1.54) is 6.07 Å². The predicted octanol–water partition coefficient (Wildman–Crippen LogP) is 2.02. The third-order valence-corrected chi connectivity index (χ3v) is 2.10. The van der Waals surface area contributed by atoms with Gasteiger partial charge in [0, 0.05) is 5.56 Å². The number of benzene rings is 1. The third-order valence-electron chi connectivity index (χ3n) is 2.10. The SMILES string of the molecule is Cc1cc(F)cc(-c2[nH]c(=O)ncc2F)c1. The molecule has 0 saturated carbocycles. The Labute approximate surface area is 89.8 Å². The van der Waals surface area contributed by atoms with Gasteiger partial charge in [-0.3, -0.25) is 0 Å². The second-order valence-corrected chi connectivity index (χ2v) is 3.43. The Balaban J connectivity index is 2.66. The quantitative estimate of drug-likeness (QED) is 0.802. The van der Waals surface area contributed by atoms with E-state index < -0.39 is 17.3 Å². The summed E-state index contributed by atoms with van der Waals surface area (Å²) in [6.45, 7) is 1.68. The number of aryl methyl sites for hydroxylation is 1. The number of H-pyrrole nitrogens is 1. The van der Waals surface area contributed by atoms with Gasteiger partial charge in [0.05, 0.1) is 11.9 Å². The molecule has 0 aliphatic carbocycles. The second-order valence-electron chi connectivity index (χ2n) is 3.43. The molecular weight excluding hydrogens is 214 g/mol. The Morgan fingerprint density at radius 2 is 2.00 bits per heavy atom. The number of nitrogens with zero attached hydrogens (tertiary/aromatic N) is 1. The average Bonchev–Trinajstić information content (AvgIpc) is 2.20. The van der Waals surface area contributed by atoms with Crippen LogP contribution in [-0.2, 0) is 0 Å². The van der Waals surface area contributed by atoms with Gasteiger partial charge in [-0.2, -0.15) is 4.98 Å². The topological polar surface area (TPSA) is 45.8 Å². The van der Waals surface area contributed by atoms with Crippen LogP contribution in [-0.4, -0.2) is 9.97 Å². The lowest BCUT2D eigenvalue weighted by Crippen LogP contribution is -2.11. The summed E-state index contributed by atoms with van der Waals surface area (Å²) in [5.41, 5.74) is 0.211. The summed E-state index contributed by atoms with van der Waals surface area (Å²) in [4.78, 5) is 16.4. The molecule has 0 unspecified atom stereocenters. The van der Waals surface area contributed by atoms with Crippen LogP contribution in [0.3, 0.4) is 0 Å². The smallest absolute Gasteiger partial charge is 0.303 e. The van der Waals surface area contributed by atoms with E-state index in [1.807, 2.05) is 0 Å². The van der Waals surface area contributed by atoms with E-state index in [9.17, 15) is 13.6 Å². The molecule has 0 bridgehead atoms. The number of aromatic amines is 1. The minimum Gasteiger partial charge on any atom is -0.303 e. The molecule has 3 nitrogen and oxygen atoms in total. The molecule has 1 aromatic heterocycles. The Morgan fingerprint density at radius 1 is 1.25 bits per heavy atom. The summed E-state index contributed by atoms with van der Waals surface area (Å²) in [7, 11) is 0. The molecule has 2 aromatic rings. The fourth-order valence-corrected chi connectivity index (χ4v) is 1.47. The molecule has 1 aromatic carbocycles. The van der Waals surface area contributed by atoms with Crippen LogP contribution in [0.5, 0.6) is 0 Å². The van der Waals surface area contributed by atoms with Crippen LogP contribution in [0.15, 0.2) is 29.2 Å². The molecule has 0 saturated heterocycles. The van der Waals surface area contributed by atoms with Gasteiger partial charge in [-0.1, -0.05) is 0 Å². The van der Waals surface area contributed by atoms with Crippen LogP contribution in [0.2, 0.25) is 0 Å². The first-order valence-corrected chi connectivity index (χ1v) is 4.58. The van der Waals surface area contributed by atoms with Crippen LogP contribution < -0.4 is 5.69 Å². The van der Waals surface area contributed by atoms with Crippen LogP contribution >= 0.6 is 0 Å². The van der Waals surface area contributed by atoms with Crippen molar-refractivity contribution in [1.29, 1.82) is 0 Å². The highest BCUT2D eigenvalue weighted by molar-refractivity contribution is 5.60. The van der Waals surface area contributed by atoms with Crippen LogP contribution in [0.25, 0.3) is 11.3 Å². The molecule has 0 amide bonds. The van der Waals surface area contributed by atoms with Crippen molar-refractivity contribution < 1.29 is 8.78 Å². The highest BCUT2D eigenvalue weighted by Gasteiger charge is 2.08. The van der Waals surface area contributed by atoms with Gasteiger partial charge in [0.25, 0.3) is 0 Å². The molecule has 1 heterocycles. The maximum Gasteiger partial charge on any atom is 0.345 e. The van der Waals surface area contributed by atoms with E-state index in [4.69, 9.17) is 0 Å². The van der Waals surface area contributed by atoms with Crippen molar-refractivity contribution in [2.24, 2.45) is 0 Å². The normalized spacial score (nSPS) is 10.4. The van der Waals surface area contributed by atoms with Gasteiger partial charge in [0.2, 0.25) is 0 Å². The van der Waals surface area contributed by atoms with E-state index in [2.05, 4.69) is 9.97 Å². The van der Waals surface area contributed by atoms with Crippen molar-refractivity contribution in [3.8, 4) is 11.3 Å². The van der Waals surface area contributed by atoms with Crippen molar-refractivity contribution in [3.63, 3.8) is 0 Å². The number of aromatic nitrogens is 2. The van der Waals surface area contributed by atoms with Crippen LogP contribution in [0.1, 0.15) is 5.56 Å². The summed E-state index contributed by atoms with van der Waals surface area (Å²) in [6.07, 6.45) is 0.814. The standard InChI is InChI=1S/C11H8F2N2O/c1-6-2-7(4-8(12)3-6)10-9(13)5-14-11(16)15-10/h2-5H,1H3,(H,14,15,16). The van der Waals surface area contributed by atoms with Crippen molar-refractivity contribution >= 4 is 0 Å². The van der Waals surface area contributed by atoms with Crippen LogP contribution in [0.4, 0.5) is 8.78 Å². The van der Waals surface area contributed by atoms with Gasteiger partial charge < -0.3 is 4.98 Å².